The van der Waals surface area contributed by atoms with Gasteiger partial charge in [0.2, 0.25) is 0 Å². The lowest BCUT2D eigenvalue weighted by Crippen LogP contribution is -2.22. The molecule has 1 N–H and O–H groups in total. The van der Waals surface area contributed by atoms with Crippen molar-refractivity contribution in [3.05, 3.63) is 56.5 Å². The molecule has 0 saturated carbocycles. The van der Waals surface area contributed by atoms with Crippen LogP contribution in [0.5, 0.6) is 0 Å². The highest BCUT2D eigenvalue weighted by Gasteiger charge is 2.20. The maximum absolute atomic E-state index is 14.1. The Hall–Kier alpha value is -0.900. The van der Waals surface area contributed by atoms with Gasteiger partial charge in [0.15, 0.2) is 0 Å². The molecule has 2 aromatic rings. The van der Waals surface area contributed by atoms with Gasteiger partial charge in [-0.25, -0.2) is 4.39 Å². The molecule has 0 bridgehead atoms. The average molecular weight is 284 g/mol. The molecule has 4 heteroatoms. The van der Waals surface area contributed by atoms with Crippen molar-refractivity contribution >= 4 is 22.9 Å². The summed E-state index contributed by atoms with van der Waals surface area (Å²) in [5.41, 5.74) is 1.57. The van der Waals surface area contributed by atoms with E-state index in [0.29, 0.717) is 10.6 Å². The maximum atomic E-state index is 14.1. The number of rotatable bonds is 4. The molecule has 0 aliphatic carbocycles. The molecule has 96 valence electrons. The lowest BCUT2D eigenvalue weighted by atomic mass is 10.0. The first-order chi connectivity index (χ1) is 8.63. The lowest BCUT2D eigenvalue weighted by Gasteiger charge is -2.18. The molecular weight excluding hydrogens is 269 g/mol. The highest BCUT2D eigenvalue weighted by atomic mass is 35.5. The van der Waals surface area contributed by atoms with Crippen LogP contribution in [0.3, 0.4) is 0 Å². The molecule has 1 aromatic heterocycles. The summed E-state index contributed by atoms with van der Waals surface area (Å²) in [4.78, 5) is 0.960. The van der Waals surface area contributed by atoms with Gasteiger partial charge in [0.25, 0.3) is 0 Å². The molecule has 1 heterocycles. The first-order valence-electron chi connectivity index (χ1n) is 5.85. The van der Waals surface area contributed by atoms with E-state index in [2.05, 4.69) is 5.32 Å². The Bertz CT molecular complexity index is 538. The molecule has 0 saturated heterocycles. The number of hydrogen-bond donors (Lipinski definition) is 1. The molecule has 2 rings (SSSR count). The van der Waals surface area contributed by atoms with E-state index in [4.69, 9.17) is 11.6 Å². The maximum Gasteiger partial charge on any atom is 0.128 e. The SMILES string of the molecule is CCNC(c1ccc(C)cc1F)c1sccc1Cl. The molecule has 0 amide bonds. The van der Waals surface area contributed by atoms with Crippen LogP contribution in [-0.2, 0) is 0 Å². The van der Waals surface area contributed by atoms with Crippen molar-refractivity contribution in [2.75, 3.05) is 6.54 Å². The van der Waals surface area contributed by atoms with E-state index in [-0.39, 0.29) is 11.9 Å². The molecule has 1 unspecified atom stereocenters. The number of thiophene rings is 1. The smallest absolute Gasteiger partial charge is 0.128 e. The molecule has 1 nitrogen and oxygen atoms in total. The van der Waals surface area contributed by atoms with Gasteiger partial charge in [-0.15, -0.1) is 11.3 Å². The van der Waals surface area contributed by atoms with Gasteiger partial charge < -0.3 is 5.32 Å². The van der Waals surface area contributed by atoms with Crippen molar-refractivity contribution in [2.24, 2.45) is 0 Å². The summed E-state index contributed by atoms with van der Waals surface area (Å²) in [6.07, 6.45) is 0. The van der Waals surface area contributed by atoms with Gasteiger partial charge in [-0.2, -0.15) is 0 Å². The Labute approximate surface area is 116 Å². The van der Waals surface area contributed by atoms with Crippen molar-refractivity contribution in [3.63, 3.8) is 0 Å². The number of benzene rings is 1. The Morgan fingerprint density at radius 2 is 2.17 bits per heavy atom. The number of hydrogen-bond acceptors (Lipinski definition) is 2. The normalized spacial score (nSPS) is 12.7. The minimum Gasteiger partial charge on any atom is -0.306 e. The lowest BCUT2D eigenvalue weighted by molar-refractivity contribution is 0.562. The van der Waals surface area contributed by atoms with Crippen molar-refractivity contribution in [3.8, 4) is 0 Å². The zero-order valence-corrected chi connectivity index (χ0v) is 11.9. The largest absolute Gasteiger partial charge is 0.306 e. The van der Waals surface area contributed by atoms with Gasteiger partial charge in [0.05, 0.1) is 11.1 Å². The molecule has 0 aliphatic rings. The van der Waals surface area contributed by atoms with Crippen LogP contribution in [0.25, 0.3) is 0 Å². The fraction of sp³-hybridized carbons (Fsp3) is 0.286. The second kappa shape index (κ2) is 5.83. The van der Waals surface area contributed by atoms with Gasteiger partial charge in [0, 0.05) is 10.4 Å². The van der Waals surface area contributed by atoms with Crippen LogP contribution >= 0.6 is 22.9 Å². The second-order valence-electron chi connectivity index (χ2n) is 4.15. The fourth-order valence-corrected chi connectivity index (χ4v) is 3.18. The van der Waals surface area contributed by atoms with E-state index in [1.165, 1.54) is 0 Å². The molecule has 0 fully saturated rings. The van der Waals surface area contributed by atoms with E-state index in [1.54, 1.807) is 17.4 Å². The third kappa shape index (κ3) is 2.74. The number of nitrogens with one attached hydrogen (secondary N) is 1. The van der Waals surface area contributed by atoms with Crippen molar-refractivity contribution in [1.82, 2.24) is 5.32 Å². The van der Waals surface area contributed by atoms with Crippen LogP contribution in [0.15, 0.2) is 29.6 Å². The minimum atomic E-state index is -0.189. The monoisotopic (exact) mass is 283 g/mol. The number of halogens is 2. The molecular formula is C14H15ClFNS. The molecule has 1 atom stereocenters. The molecule has 0 radical (unpaired) electrons. The number of aryl methyl sites for hydroxylation is 1. The Kier molecular flexibility index (Phi) is 4.38. The van der Waals surface area contributed by atoms with Crippen molar-refractivity contribution in [2.45, 2.75) is 19.9 Å². The zero-order chi connectivity index (χ0) is 13.1. The quantitative estimate of drug-likeness (QED) is 0.868. The highest BCUT2D eigenvalue weighted by Crippen LogP contribution is 2.34. The third-order valence-electron chi connectivity index (χ3n) is 2.78. The van der Waals surface area contributed by atoms with Crippen molar-refractivity contribution < 1.29 is 4.39 Å². The molecule has 18 heavy (non-hydrogen) atoms. The summed E-state index contributed by atoms with van der Waals surface area (Å²) in [7, 11) is 0. The standard InChI is InChI=1S/C14H15ClFNS/c1-3-17-13(14-11(15)6-7-18-14)10-5-4-9(2)8-12(10)16/h4-8,13,17H,3H2,1-2H3. The molecule has 1 aromatic carbocycles. The van der Waals surface area contributed by atoms with Crippen LogP contribution in [0, 0.1) is 12.7 Å². The van der Waals surface area contributed by atoms with Gasteiger partial charge in [-0.3, -0.25) is 0 Å². The average Bonchev–Trinajstić information content (AvgIpc) is 2.73. The predicted octanol–water partition coefficient (Wildman–Crippen LogP) is 4.55. The van der Waals surface area contributed by atoms with Crippen LogP contribution in [0.1, 0.15) is 29.0 Å². The van der Waals surface area contributed by atoms with E-state index >= 15 is 0 Å². The Morgan fingerprint density at radius 1 is 1.39 bits per heavy atom. The van der Waals surface area contributed by atoms with Gasteiger partial charge in [-0.1, -0.05) is 30.7 Å². The summed E-state index contributed by atoms with van der Waals surface area (Å²) in [6, 6.07) is 6.97. The van der Waals surface area contributed by atoms with Crippen LogP contribution in [0.2, 0.25) is 5.02 Å². The first kappa shape index (κ1) is 13.5. The van der Waals surface area contributed by atoms with Gasteiger partial charge >= 0.3 is 0 Å². The Morgan fingerprint density at radius 3 is 2.72 bits per heavy atom. The summed E-state index contributed by atoms with van der Waals surface area (Å²) in [6.45, 7) is 4.64. The van der Waals surface area contributed by atoms with Crippen LogP contribution in [-0.4, -0.2) is 6.54 Å². The van der Waals surface area contributed by atoms with Gasteiger partial charge in [-0.05, 0) is 36.5 Å². The predicted molar refractivity (Wildman–Crippen MR) is 76.0 cm³/mol. The Balaban J connectivity index is 2.45. The van der Waals surface area contributed by atoms with Crippen LogP contribution in [0.4, 0.5) is 4.39 Å². The van der Waals surface area contributed by atoms with E-state index in [1.807, 2.05) is 37.4 Å². The molecule has 0 aliphatic heterocycles. The van der Waals surface area contributed by atoms with Crippen molar-refractivity contribution in [1.29, 1.82) is 0 Å². The van der Waals surface area contributed by atoms with Crippen LogP contribution < -0.4 is 5.32 Å². The second-order valence-corrected chi connectivity index (χ2v) is 5.50. The van der Waals surface area contributed by atoms with E-state index in [0.717, 1.165) is 17.0 Å². The molecule has 0 spiro atoms. The summed E-state index contributed by atoms with van der Waals surface area (Å²) in [5, 5.41) is 5.90. The van der Waals surface area contributed by atoms with E-state index < -0.39 is 0 Å². The summed E-state index contributed by atoms with van der Waals surface area (Å²) >= 11 is 7.70. The minimum absolute atomic E-state index is 0.178. The summed E-state index contributed by atoms with van der Waals surface area (Å²) < 4.78 is 14.1. The first-order valence-corrected chi connectivity index (χ1v) is 7.11. The highest BCUT2D eigenvalue weighted by molar-refractivity contribution is 7.10. The van der Waals surface area contributed by atoms with E-state index in [9.17, 15) is 4.39 Å². The topological polar surface area (TPSA) is 12.0 Å². The summed E-state index contributed by atoms with van der Waals surface area (Å²) in [5.74, 6) is -0.189. The fourth-order valence-electron chi connectivity index (χ4n) is 1.93. The third-order valence-corrected chi connectivity index (χ3v) is 4.21. The van der Waals surface area contributed by atoms with Gasteiger partial charge in [0.1, 0.15) is 5.82 Å². The zero-order valence-electron chi connectivity index (χ0n) is 10.3.